The second kappa shape index (κ2) is 6.02. The lowest BCUT2D eigenvalue weighted by Crippen LogP contribution is -3.12. The molecule has 2 saturated heterocycles. The van der Waals surface area contributed by atoms with Crippen LogP contribution in [0.25, 0.3) is 0 Å². The SMILES string of the molecule is C=CCN1C(=O)C(=O)N(C[NH+]2CCC[C@@H]2c2cccs2)C1=O. The van der Waals surface area contributed by atoms with Gasteiger partial charge in [-0.15, -0.1) is 17.9 Å². The van der Waals surface area contributed by atoms with Gasteiger partial charge in [0.15, 0.2) is 6.67 Å². The molecule has 22 heavy (non-hydrogen) atoms. The Labute approximate surface area is 132 Å². The number of rotatable bonds is 5. The molecule has 0 aliphatic carbocycles. The molecular weight excluding hydrogens is 302 g/mol. The molecule has 2 atom stereocenters. The zero-order valence-electron chi connectivity index (χ0n) is 12.2. The molecule has 2 aliphatic heterocycles. The topological polar surface area (TPSA) is 62.1 Å². The van der Waals surface area contributed by atoms with Gasteiger partial charge in [-0.3, -0.25) is 14.5 Å². The van der Waals surface area contributed by atoms with E-state index in [0.717, 1.165) is 34.1 Å². The smallest absolute Gasteiger partial charge is 0.310 e. The summed E-state index contributed by atoms with van der Waals surface area (Å²) in [4.78, 5) is 40.6. The number of hydrogen-bond donors (Lipinski definition) is 1. The van der Waals surface area contributed by atoms with Gasteiger partial charge in [-0.25, -0.2) is 9.69 Å². The predicted molar refractivity (Wildman–Crippen MR) is 81.1 cm³/mol. The van der Waals surface area contributed by atoms with Crippen LogP contribution in [0.2, 0.25) is 0 Å². The second-order valence-corrected chi connectivity index (χ2v) is 6.48. The monoisotopic (exact) mass is 320 g/mol. The molecule has 2 aliphatic rings. The van der Waals surface area contributed by atoms with Crippen molar-refractivity contribution in [2.45, 2.75) is 18.9 Å². The number of hydrogen-bond acceptors (Lipinski definition) is 4. The highest BCUT2D eigenvalue weighted by molar-refractivity contribution is 7.10. The van der Waals surface area contributed by atoms with Crippen molar-refractivity contribution >= 4 is 29.2 Å². The van der Waals surface area contributed by atoms with Gasteiger partial charge in [-0.05, 0) is 11.4 Å². The number of carbonyl (C=O) groups excluding carboxylic acids is 3. The Kier molecular flexibility index (Phi) is 4.08. The summed E-state index contributed by atoms with van der Waals surface area (Å²) in [7, 11) is 0. The lowest BCUT2D eigenvalue weighted by atomic mass is 10.2. The van der Waals surface area contributed by atoms with Gasteiger partial charge in [-0.2, -0.15) is 0 Å². The van der Waals surface area contributed by atoms with Crippen LogP contribution in [0, 0.1) is 0 Å². The van der Waals surface area contributed by atoms with E-state index in [2.05, 4.69) is 12.6 Å². The van der Waals surface area contributed by atoms with Crippen molar-refractivity contribution in [2.75, 3.05) is 19.8 Å². The first-order valence-corrected chi connectivity index (χ1v) is 8.17. The zero-order chi connectivity index (χ0) is 15.7. The minimum Gasteiger partial charge on any atom is -0.310 e. The number of thiophene rings is 1. The lowest BCUT2D eigenvalue weighted by Gasteiger charge is -2.24. The largest absolute Gasteiger partial charge is 0.339 e. The summed E-state index contributed by atoms with van der Waals surface area (Å²) in [6, 6.07) is 3.87. The fourth-order valence-corrected chi connectivity index (χ4v) is 4.04. The molecule has 116 valence electrons. The Morgan fingerprint density at radius 2 is 2.09 bits per heavy atom. The molecule has 1 N–H and O–H groups in total. The van der Waals surface area contributed by atoms with Gasteiger partial charge in [-0.1, -0.05) is 12.1 Å². The Morgan fingerprint density at radius 3 is 2.77 bits per heavy atom. The highest BCUT2D eigenvalue weighted by Gasteiger charge is 2.47. The van der Waals surface area contributed by atoms with Crippen LogP contribution in [0.15, 0.2) is 30.2 Å². The Morgan fingerprint density at radius 1 is 1.32 bits per heavy atom. The first-order chi connectivity index (χ1) is 10.6. The number of amides is 4. The molecule has 6 nitrogen and oxygen atoms in total. The fraction of sp³-hybridized carbons (Fsp3) is 0.400. The van der Waals surface area contributed by atoms with E-state index in [1.165, 1.54) is 11.0 Å². The van der Waals surface area contributed by atoms with Gasteiger partial charge >= 0.3 is 17.8 Å². The molecule has 3 rings (SSSR count). The number of nitrogens with one attached hydrogen (secondary N) is 1. The molecule has 3 heterocycles. The van der Waals surface area contributed by atoms with E-state index in [-0.39, 0.29) is 13.2 Å². The second-order valence-electron chi connectivity index (χ2n) is 5.50. The van der Waals surface area contributed by atoms with Gasteiger partial charge in [0.1, 0.15) is 6.04 Å². The maximum Gasteiger partial charge on any atom is 0.339 e. The first kappa shape index (κ1) is 14.9. The third-order valence-corrected chi connectivity index (χ3v) is 5.16. The van der Waals surface area contributed by atoms with Crippen molar-refractivity contribution < 1.29 is 19.3 Å². The summed E-state index contributed by atoms with van der Waals surface area (Å²) in [6.45, 7) is 4.73. The van der Waals surface area contributed by atoms with E-state index in [4.69, 9.17) is 0 Å². The molecule has 0 bridgehead atoms. The van der Waals surface area contributed by atoms with Crippen LogP contribution < -0.4 is 4.90 Å². The Bertz CT molecular complexity index is 614. The highest BCUT2D eigenvalue weighted by atomic mass is 32.1. The van der Waals surface area contributed by atoms with E-state index in [0.29, 0.717) is 6.04 Å². The van der Waals surface area contributed by atoms with E-state index in [1.807, 2.05) is 11.4 Å². The quantitative estimate of drug-likeness (QED) is 0.485. The molecule has 7 heteroatoms. The number of imide groups is 2. The van der Waals surface area contributed by atoms with Crippen molar-refractivity contribution in [2.24, 2.45) is 0 Å². The molecule has 1 aromatic heterocycles. The highest BCUT2D eigenvalue weighted by Crippen LogP contribution is 2.23. The van der Waals surface area contributed by atoms with Gasteiger partial charge in [0, 0.05) is 19.4 Å². The molecular formula is C15H18N3O3S+. The normalized spacial score (nSPS) is 25.4. The van der Waals surface area contributed by atoms with Crippen molar-refractivity contribution in [1.82, 2.24) is 9.80 Å². The Hall–Kier alpha value is -1.99. The van der Waals surface area contributed by atoms with Crippen molar-refractivity contribution in [3.8, 4) is 0 Å². The van der Waals surface area contributed by atoms with E-state index in [1.54, 1.807) is 11.3 Å². The minimum atomic E-state index is -0.754. The van der Waals surface area contributed by atoms with Gasteiger partial charge in [0.2, 0.25) is 0 Å². The summed E-state index contributed by atoms with van der Waals surface area (Å²) >= 11 is 1.69. The summed E-state index contributed by atoms with van der Waals surface area (Å²) in [6.07, 6.45) is 3.54. The molecule has 1 unspecified atom stereocenters. The summed E-state index contributed by atoms with van der Waals surface area (Å²) in [5.74, 6) is -1.48. The van der Waals surface area contributed by atoms with Crippen LogP contribution in [0.3, 0.4) is 0 Å². The predicted octanol–water partition coefficient (Wildman–Crippen LogP) is 0.402. The standard InChI is InChI=1S/C15H17N3O3S/c1-2-7-17-13(19)14(20)18(15(17)21)10-16-8-3-5-11(16)12-6-4-9-22-12/h2,4,6,9,11H,1,3,5,7-8,10H2/p+1/t11-/m1/s1. The van der Waals surface area contributed by atoms with Crippen LogP contribution in [0.1, 0.15) is 23.8 Å². The lowest BCUT2D eigenvalue weighted by molar-refractivity contribution is -0.925. The minimum absolute atomic E-state index is 0.0730. The molecule has 0 radical (unpaired) electrons. The maximum absolute atomic E-state index is 12.2. The van der Waals surface area contributed by atoms with Gasteiger partial charge in [0.05, 0.1) is 11.4 Å². The van der Waals surface area contributed by atoms with E-state index >= 15 is 0 Å². The van der Waals surface area contributed by atoms with Crippen molar-refractivity contribution in [3.05, 3.63) is 35.0 Å². The first-order valence-electron chi connectivity index (χ1n) is 7.29. The fourth-order valence-electron chi connectivity index (χ4n) is 3.12. The number of carbonyl (C=O) groups is 3. The van der Waals surface area contributed by atoms with E-state index in [9.17, 15) is 14.4 Å². The van der Waals surface area contributed by atoms with Crippen molar-refractivity contribution in [3.63, 3.8) is 0 Å². The molecule has 0 saturated carbocycles. The zero-order valence-corrected chi connectivity index (χ0v) is 13.0. The van der Waals surface area contributed by atoms with Crippen LogP contribution in [0.4, 0.5) is 4.79 Å². The molecule has 2 fully saturated rings. The van der Waals surface area contributed by atoms with Crippen LogP contribution in [-0.4, -0.2) is 47.4 Å². The average Bonchev–Trinajstić information content (AvgIpc) is 3.21. The summed E-state index contributed by atoms with van der Waals surface area (Å²) in [5.41, 5.74) is 0. The van der Waals surface area contributed by atoms with Crippen LogP contribution in [0.5, 0.6) is 0 Å². The third-order valence-electron chi connectivity index (χ3n) is 4.18. The van der Waals surface area contributed by atoms with Crippen molar-refractivity contribution in [1.29, 1.82) is 0 Å². The summed E-state index contributed by atoms with van der Waals surface area (Å²) in [5, 5.41) is 2.03. The molecule has 0 aromatic carbocycles. The summed E-state index contributed by atoms with van der Waals surface area (Å²) < 4.78 is 0. The maximum atomic E-state index is 12.2. The third kappa shape index (κ3) is 2.46. The number of nitrogens with zero attached hydrogens (tertiary/aromatic N) is 2. The molecule has 4 amide bonds. The number of urea groups is 1. The Balaban J connectivity index is 1.75. The van der Waals surface area contributed by atoms with E-state index < -0.39 is 17.8 Å². The van der Waals surface area contributed by atoms with Gasteiger partial charge in [0.25, 0.3) is 0 Å². The average molecular weight is 320 g/mol. The van der Waals surface area contributed by atoms with Crippen LogP contribution in [-0.2, 0) is 9.59 Å². The molecule has 1 aromatic rings. The molecule has 0 spiro atoms. The number of likely N-dealkylation sites (tertiary alicyclic amines) is 1. The van der Waals surface area contributed by atoms with Crippen LogP contribution >= 0.6 is 11.3 Å². The van der Waals surface area contributed by atoms with Gasteiger partial charge < -0.3 is 4.90 Å². The number of quaternary nitrogens is 1.